The first kappa shape index (κ1) is 11.5. The normalized spacial score (nSPS) is 18.4. The van der Waals surface area contributed by atoms with E-state index >= 15 is 0 Å². The maximum Gasteiger partial charge on any atom is 0.121 e. The molecule has 0 saturated heterocycles. The molecule has 1 heteroatoms. The number of phenolic OH excluding ortho intramolecular Hbond substituents is 1. The van der Waals surface area contributed by atoms with Crippen molar-refractivity contribution in [3.8, 4) is 5.75 Å². The predicted octanol–water partition coefficient (Wildman–Crippen LogP) is 4.45. The van der Waals surface area contributed by atoms with E-state index in [0.717, 1.165) is 5.56 Å². The van der Waals surface area contributed by atoms with Crippen molar-refractivity contribution in [2.24, 2.45) is 0 Å². The third-order valence-corrected chi connectivity index (χ3v) is 3.77. The van der Waals surface area contributed by atoms with Crippen LogP contribution in [0.1, 0.15) is 61.1 Å². The third-order valence-electron chi connectivity index (χ3n) is 3.77. The number of phenols is 1. The van der Waals surface area contributed by atoms with Crippen LogP contribution in [-0.2, 0) is 0 Å². The zero-order valence-electron chi connectivity index (χ0n) is 10.4. The zero-order chi connectivity index (χ0) is 11.5. The van der Waals surface area contributed by atoms with Crippen molar-refractivity contribution in [1.82, 2.24) is 0 Å². The minimum Gasteiger partial charge on any atom is -0.507 e. The van der Waals surface area contributed by atoms with Gasteiger partial charge in [0.25, 0.3) is 0 Å². The molecule has 2 rings (SSSR count). The second-order valence-electron chi connectivity index (χ2n) is 5.21. The lowest BCUT2D eigenvalue weighted by Crippen LogP contribution is -1.99. The van der Waals surface area contributed by atoms with E-state index in [0.29, 0.717) is 11.7 Å². The van der Waals surface area contributed by atoms with E-state index < -0.39 is 0 Å². The molecule has 1 aromatic carbocycles. The van der Waals surface area contributed by atoms with E-state index in [9.17, 15) is 5.11 Å². The van der Waals surface area contributed by atoms with Crippen LogP contribution in [0, 0.1) is 13.8 Å². The van der Waals surface area contributed by atoms with Crippen LogP contribution in [0.15, 0.2) is 12.1 Å². The van der Waals surface area contributed by atoms with Gasteiger partial charge in [0.1, 0.15) is 5.75 Å². The standard InChI is InChI=1S/C15H22O/c1-11-9-12(2)15(16)14(10-11)13-7-5-3-4-6-8-13/h9-10,13,16H,3-8H2,1-2H3. The molecule has 0 bridgehead atoms. The van der Waals surface area contributed by atoms with Crippen LogP contribution in [-0.4, -0.2) is 5.11 Å². The summed E-state index contributed by atoms with van der Waals surface area (Å²) in [7, 11) is 0. The van der Waals surface area contributed by atoms with Crippen molar-refractivity contribution in [3.05, 3.63) is 28.8 Å². The molecular weight excluding hydrogens is 196 g/mol. The molecule has 1 aliphatic rings. The Bertz CT molecular complexity index is 360. The van der Waals surface area contributed by atoms with Gasteiger partial charge >= 0.3 is 0 Å². The molecule has 1 aliphatic carbocycles. The highest BCUT2D eigenvalue weighted by Gasteiger charge is 2.18. The Kier molecular flexibility index (Phi) is 3.52. The molecule has 1 aromatic rings. The van der Waals surface area contributed by atoms with Gasteiger partial charge in [-0.15, -0.1) is 0 Å². The number of benzene rings is 1. The number of aryl methyl sites for hydroxylation is 2. The van der Waals surface area contributed by atoms with Gasteiger partial charge in [-0.25, -0.2) is 0 Å². The largest absolute Gasteiger partial charge is 0.507 e. The predicted molar refractivity (Wildman–Crippen MR) is 68.0 cm³/mol. The molecular formula is C15H22O. The van der Waals surface area contributed by atoms with Crippen molar-refractivity contribution in [2.75, 3.05) is 0 Å². The molecule has 16 heavy (non-hydrogen) atoms. The van der Waals surface area contributed by atoms with Crippen LogP contribution in [0.5, 0.6) is 5.75 Å². The maximum atomic E-state index is 10.2. The molecule has 0 aliphatic heterocycles. The molecule has 0 spiro atoms. The average Bonchev–Trinajstić information content (AvgIpc) is 2.51. The molecule has 0 aromatic heterocycles. The summed E-state index contributed by atoms with van der Waals surface area (Å²) in [6, 6.07) is 4.24. The summed E-state index contributed by atoms with van der Waals surface area (Å²) in [5.74, 6) is 1.12. The van der Waals surface area contributed by atoms with Crippen molar-refractivity contribution < 1.29 is 5.11 Å². The highest BCUT2D eigenvalue weighted by molar-refractivity contribution is 5.44. The van der Waals surface area contributed by atoms with E-state index in [1.54, 1.807) is 0 Å². The Balaban J connectivity index is 2.30. The van der Waals surface area contributed by atoms with Crippen LogP contribution in [0.25, 0.3) is 0 Å². The van der Waals surface area contributed by atoms with Gasteiger partial charge in [0.2, 0.25) is 0 Å². The van der Waals surface area contributed by atoms with Gasteiger partial charge in [-0.2, -0.15) is 0 Å². The molecule has 1 nitrogen and oxygen atoms in total. The molecule has 1 saturated carbocycles. The van der Waals surface area contributed by atoms with Crippen molar-refractivity contribution >= 4 is 0 Å². The number of hydrogen-bond donors (Lipinski definition) is 1. The summed E-state index contributed by atoms with van der Waals surface area (Å²) in [6.45, 7) is 4.12. The smallest absolute Gasteiger partial charge is 0.121 e. The van der Waals surface area contributed by atoms with Crippen molar-refractivity contribution in [1.29, 1.82) is 0 Å². The topological polar surface area (TPSA) is 20.2 Å². The van der Waals surface area contributed by atoms with Crippen molar-refractivity contribution in [2.45, 2.75) is 58.3 Å². The van der Waals surface area contributed by atoms with E-state index in [-0.39, 0.29) is 0 Å². The van der Waals surface area contributed by atoms with Crippen molar-refractivity contribution in [3.63, 3.8) is 0 Å². The molecule has 1 fully saturated rings. The highest BCUT2D eigenvalue weighted by atomic mass is 16.3. The second kappa shape index (κ2) is 4.90. The van der Waals surface area contributed by atoms with Crippen LogP contribution in [0.3, 0.4) is 0 Å². The number of hydrogen-bond acceptors (Lipinski definition) is 1. The minimum absolute atomic E-state index is 0.539. The van der Waals surface area contributed by atoms with Crippen LogP contribution in [0.2, 0.25) is 0 Å². The molecule has 0 atom stereocenters. The minimum atomic E-state index is 0.539. The van der Waals surface area contributed by atoms with E-state index in [1.165, 1.54) is 49.7 Å². The fraction of sp³-hybridized carbons (Fsp3) is 0.600. The Hall–Kier alpha value is -0.980. The van der Waals surface area contributed by atoms with Crippen LogP contribution >= 0.6 is 0 Å². The number of rotatable bonds is 1. The lowest BCUT2D eigenvalue weighted by Gasteiger charge is -2.18. The van der Waals surface area contributed by atoms with Gasteiger partial charge in [-0.3, -0.25) is 0 Å². The van der Waals surface area contributed by atoms with Gasteiger partial charge in [0.15, 0.2) is 0 Å². The zero-order valence-corrected chi connectivity index (χ0v) is 10.4. The molecule has 0 heterocycles. The summed E-state index contributed by atoms with van der Waals surface area (Å²) < 4.78 is 0. The molecule has 0 radical (unpaired) electrons. The Morgan fingerprint density at radius 2 is 1.62 bits per heavy atom. The lowest BCUT2D eigenvalue weighted by molar-refractivity contribution is 0.449. The first-order valence-corrected chi connectivity index (χ1v) is 6.48. The second-order valence-corrected chi connectivity index (χ2v) is 5.21. The number of aromatic hydroxyl groups is 1. The SMILES string of the molecule is Cc1cc(C)c(O)c(C2CCCCCC2)c1. The summed E-state index contributed by atoms with van der Waals surface area (Å²) in [5, 5.41) is 10.2. The molecule has 0 unspecified atom stereocenters. The summed E-state index contributed by atoms with van der Waals surface area (Å²) >= 11 is 0. The van der Waals surface area contributed by atoms with Crippen LogP contribution < -0.4 is 0 Å². The average molecular weight is 218 g/mol. The summed E-state index contributed by atoms with van der Waals surface area (Å²) in [4.78, 5) is 0. The summed E-state index contributed by atoms with van der Waals surface area (Å²) in [6.07, 6.45) is 7.85. The van der Waals surface area contributed by atoms with Gasteiger partial charge in [-0.05, 0) is 43.7 Å². The first-order valence-electron chi connectivity index (χ1n) is 6.48. The Morgan fingerprint density at radius 1 is 1.00 bits per heavy atom. The molecule has 1 N–H and O–H groups in total. The van der Waals surface area contributed by atoms with E-state index in [4.69, 9.17) is 0 Å². The molecule has 0 amide bonds. The van der Waals surface area contributed by atoms with Gasteiger partial charge in [-0.1, -0.05) is 43.4 Å². The molecule has 88 valence electrons. The highest BCUT2D eigenvalue weighted by Crippen LogP contribution is 2.38. The van der Waals surface area contributed by atoms with E-state index in [2.05, 4.69) is 19.1 Å². The van der Waals surface area contributed by atoms with Crippen LogP contribution in [0.4, 0.5) is 0 Å². The quantitative estimate of drug-likeness (QED) is 0.691. The monoisotopic (exact) mass is 218 g/mol. The van der Waals surface area contributed by atoms with Gasteiger partial charge < -0.3 is 5.11 Å². The third kappa shape index (κ3) is 2.40. The fourth-order valence-corrected chi connectivity index (χ4v) is 2.89. The Labute approximate surface area is 98.5 Å². The van der Waals surface area contributed by atoms with E-state index in [1.807, 2.05) is 6.92 Å². The lowest BCUT2D eigenvalue weighted by atomic mass is 9.89. The fourth-order valence-electron chi connectivity index (χ4n) is 2.89. The van der Waals surface area contributed by atoms with Gasteiger partial charge in [0.05, 0.1) is 0 Å². The Morgan fingerprint density at radius 3 is 2.25 bits per heavy atom. The maximum absolute atomic E-state index is 10.2. The summed E-state index contributed by atoms with van der Waals surface area (Å²) in [5.41, 5.74) is 3.49. The van der Waals surface area contributed by atoms with Gasteiger partial charge in [0, 0.05) is 0 Å². The first-order chi connectivity index (χ1) is 7.68.